The predicted octanol–water partition coefficient (Wildman–Crippen LogP) is 2.10. The molecule has 0 aliphatic carbocycles. The van der Waals surface area contributed by atoms with E-state index in [9.17, 15) is 18.5 Å². The van der Waals surface area contributed by atoms with Gasteiger partial charge in [0, 0.05) is 31.3 Å². The minimum absolute atomic E-state index is 0.0506. The second-order valence-electron chi connectivity index (χ2n) is 8.26. The van der Waals surface area contributed by atoms with Crippen molar-refractivity contribution in [1.29, 1.82) is 0 Å². The molecule has 2 N–H and O–H groups in total. The second kappa shape index (κ2) is 8.53. The van der Waals surface area contributed by atoms with Crippen molar-refractivity contribution in [3.63, 3.8) is 0 Å². The molecule has 170 valence electrons. The van der Waals surface area contributed by atoms with E-state index in [1.807, 2.05) is 4.90 Å². The molecule has 3 aliphatic rings. The van der Waals surface area contributed by atoms with E-state index in [4.69, 9.17) is 4.74 Å². The van der Waals surface area contributed by atoms with Gasteiger partial charge in [-0.1, -0.05) is 0 Å². The van der Waals surface area contributed by atoms with Crippen LogP contribution >= 0.6 is 0 Å². The van der Waals surface area contributed by atoms with Crippen molar-refractivity contribution in [2.75, 3.05) is 42.1 Å². The van der Waals surface area contributed by atoms with Gasteiger partial charge in [0.2, 0.25) is 5.95 Å². The number of hydrogen-bond acceptors (Lipinski definition) is 7. The van der Waals surface area contributed by atoms with Gasteiger partial charge in [0.25, 0.3) is 0 Å². The highest BCUT2D eigenvalue weighted by molar-refractivity contribution is 7.85. The van der Waals surface area contributed by atoms with Crippen LogP contribution < -0.4 is 15.0 Å². The number of piperidine rings is 1. The Bertz CT molecular complexity index is 1050. The third-order valence-electron chi connectivity index (χ3n) is 5.96. The molecule has 0 saturated carbocycles. The van der Waals surface area contributed by atoms with Crippen molar-refractivity contribution >= 4 is 28.7 Å². The molecule has 1 aromatic heterocycles. The van der Waals surface area contributed by atoms with E-state index in [1.54, 1.807) is 12.1 Å². The van der Waals surface area contributed by atoms with E-state index >= 15 is 0 Å². The van der Waals surface area contributed by atoms with E-state index in [-0.39, 0.29) is 18.0 Å². The summed E-state index contributed by atoms with van der Waals surface area (Å²) >= 11 is 0. The number of likely N-dealkylation sites (tertiary alicyclic amines) is 1. The summed E-state index contributed by atoms with van der Waals surface area (Å²) in [5.74, 6) is 1.92. The van der Waals surface area contributed by atoms with Crippen LogP contribution in [0.1, 0.15) is 18.5 Å². The first-order valence-corrected chi connectivity index (χ1v) is 12.0. The fraction of sp³-hybridized carbons (Fsp3) is 0.476. The summed E-state index contributed by atoms with van der Waals surface area (Å²) in [7, 11) is -1.16. The first kappa shape index (κ1) is 20.9. The number of fused-ring (bicyclic) bond motifs is 1. The molecular formula is C21H24FN5O4S. The standard InChI is InChI=1S/C21H24FN5O4S/c22-13-3-5-15(6-4-13)31-16-11-27(12-16)20-24-17-7-9-32(30)18(17)19(25-20)23-14-2-1-8-26(10-14)21(28)29/h3-6,14,16H,1-2,7-12H2,(H,28,29)(H,23,24,25)/t14-,32+/m0/s1. The van der Waals surface area contributed by atoms with Crippen LogP contribution in [0.3, 0.4) is 0 Å². The predicted molar refractivity (Wildman–Crippen MR) is 116 cm³/mol. The quantitative estimate of drug-likeness (QED) is 0.697. The monoisotopic (exact) mass is 461 g/mol. The van der Waals surface area contributed by atoms with Crippen LogP contribution in [0, 0.1) is 5.82 Å². The number of halogens is 1. The maximum Gasteiger partial charge on any atom is 0.407 e. The van der Waals surface area contributed by atoms with Gasteiger partial charge in [0.05, 0.1) is 29.6 Å². The molecule has 3 aliphatic heterocycles. The molecule has 9 nitrogen and oxygen atoms in total. The SMILES string of the molecule is O=C(O)N1CCC[C@H](Nc2nc(N3CC(Oc4ccc(F)cc4)C3)nc3c2[S@](=O)CC3)C1. The molecule has 2 saturated heterocycles. The first-order chi connectivity index (χ1) is 15.5. The Labute approximate surface area is 187 Å². The van der Waals surface area contributed by atoms with Crippen molar-refractivity contribution < 1.29 is 23.2 Å². The number of benzene rings is 1. The number of carboxylic acid groups (broad SMARTS) is 1. The molecule has 1 aromatic carbocycles. The average molecular weight is 462 g/mol. The summed E-state index contributed by atoms with van der Waals surface area (Å²) in [5.41, 5.74) is 0.782. The summed E-state index contributed by atoms with van der Waals surface area (Å²) in [6, 6.07) is 5.85. The number of ether oxygens (including phenoxy) is 1. The minimum Gasteiger partial charge on any atom is -0.487 e. The van der Waals surface area contributed by atoms with Crippen LogP contribution in [0.2, 0.25) is 0 Å². The summed E-state index contributed by atoms with van der Waals surface area (Å²) in [4.78, 5) is 24.7. The molecular weight excluding hydrogens is 437 g/mol. The van der Waals surface area contributed by atoms with Crippen molar-refractivity contribution in [3.8, 4) is 5.75 Å². The van der Waals surface area contributed by atoms with Gasteiger partial charge in [-0.2, -0.15) is 4.98 Å². The van der Waals surface area contributed by atoms with Crippen LogP contribution in [-0.4, -0.2) is 74.4 Å². The number of aryl methyl sites for hydroxylation is 1. The molecule has 4 heterocycles. The first-order valence-electron chi connectivity index (χ1n) is 10.7. The third-order valence-corrected chi connectivity index (χ3v) is 7.42. The van der Waals surface area contributed by atoms with Crippen LogP contribution in [0.15, 0.2) is 29.2 Å². The number of aromatic nitrogens is 2. The van der Waals surface area contributed by atoms with Gasteiger partial charge in [0.15, 0.2) is 0 Å². The summed E-state index contributed by atoms with van der Waals surface area (Å²) < 4.78 is 31.5. The number of carbonyl (C=O) groups is 1. The molecule has 2 atom stereocenters. The van der Waals surface area contributed by atoms with Crippen LogP contribution in [-0.2, 0) is 17.2 Å². The molecule has 2 aromatic rings. The summed E-state index contributed by atoms with van der Waals surface area (Å²) in [5, 5.41) is 12.7. The molecule has 0 unspecified atom stereocenters. The van der Waals surface area contributed by atoms with Gasteiger partial charge < -0.3 is 25.0 Å². The Morgan fingerprint density at radius 2 is 2.00 bits per heavy atom. The zero-order valence-electron chi connectivity index (χ0n) is 17.4. The molecule has 5 rings (SSSR count). The molecule has 0 bridgehead atoms. The number of amides is 1. The van der Waals surface area contributed by atoms with Crippen LogP contribution in [0.5, 0.6) is 5.75 Å². The second-order valence-corrected chi connectivity index (χ2v) is 9.77. The lowest BCUT2D eigenvalue weighted by atomic mass is 10.1. The van der Waals surface area contributed by atoms with E-state index < -0.39 is 16.9 Å². The fourth-order valence-corrected chi connectivity index (χ4v) is 5.58. The number of rotatable bonds is 5. The van der Waals surface area contributed by atoms with Gasteiger partial charge in [-0.3, -0.25) is 4.21 Å². The number of nitrogens with zero attached hydrogens (tertiary/aromatic N) is 4. The average Bonchev–Trinajstić information content (AvgIpc) is 3.13. The van der Waals surface area contributed by atoms with Crippen molar-refractivity contribution in [3.05, 3.63) is 35.8 Å². The summed E-state index contributed by atoms with van der Waals surface area (Å²) in [6.45, 7) is 2.08. The Balaban J connectivity index is 1.30. The van der Waals surface area contributed by atoms with E-state index in [0.29, 0.717) is 60.8 Å². The Morgan fingerprint density at radius 3 is 2.75 bits per heavy atom. The highest BCUT2D eigenvalue weighted by Gasteiger charge is 2.34. The van der Waals surface area contributed by atoms with Crippen LogP contribution in [0.4, 0.5) is 21.0 Å². The van der Waals surface area contributed by atoms with Gasteiger partial charge in [0.1, 0.15) is 28.4 Å². The van der Waals surface area contributed by atoms with Crippen molar-refractivity contribution in [2.45, 2.75) is 36.3 Å². The van der Waals surface area contributed by atoms with Gasteiger partial charge in [-0.05, 0) is 37.1 Å². The van der Waals surface area contributed by atoms with Gasteiger partial charge in [-0.15, -0.1) is 0 Å². The van der Waals surface area contributed by atoms with Crippen molar-refractivity contribution in [2.24, 2.45) is 0 Å². The molecule has 32 heavy (non-hydrogen) atoms. The Hall–Kier alpha value is -2.95. The lowest BCUT2D eigenvalue weighted by Gasteiger charge is -2.39. The zero-order chi connectivity index (χ0) is 22.2. The smallest absolute Gasteiger partial charge is 0.407 e. The number of nitrogens with one attached hydrogen (secondary N) is 1. The fourth-order valence-electron chi connectivity index (χ4n) is 4.27. The molecule has 1 amide bonds. The zero-order valence-corrected chi connectivity index (χ0v) is 18.2. The van der Waals surface area contributed by atoms with Gasteiger partial charge >= 0.3 is 6.09 Å². The molecule has 0 radical (unpaired) electrons. The topological polar surface area (TPSA) is 108 Å². The Morgan fingerprint density at radius 1 is 1.22 bits per heavy atom. The largest absolute Gasteiger partial charge is 0.487 e. The number of hydrogen-bond donors (Lipinski definition) is 2. The molecule has 11 heteroatoms. The third kappa shape index (κ3) is 4.21. The Kier molecular flexibility index (Phi) is 5.58. The summed E-state index contributed by atoms with van der Waals surface area (Å²) in [6.07, 6.45) is 1.23. The lowest BCUT2D eigenvalue weighted by molar-refractivity contribution is 0.132. The maximum absolute atomic E-state index is 13.1. The van der Waals surface area contributed by atoms with Crippen LogP contribution in [0.25, 0.3) is 0 Å². The molecule has 2 fully saturated rings. The van der Waals surface area contributed by atoms with E-state index in [2.05, 4.69) is 15.3 Å². The normalized spacial score (nSPS) is 22.9. The van der Waals surface area contributed by atoms with E-state index in [0.717, 1.165) is 18.5 Å². The molecule has 0 spiro atoms. The number of anilines is 2. The highest BCUT2D eigenvalue weighted by atomic mass is 32.2. The van der Waals surface area contributed by atoms with Crippen molar-refractivity contribution in [1.82, 2.24) is 14.9 Å². The van der Waals surface area contributed by atoms with Gasteiger partial charge in [-0.25, -0.2) is 14.2 Å². The maximum atomic E-state index is 13.1. The minimum atomic E-state index is -1.16. The van der Waals surface area contributed by atoms with E-state index in [1.165, 1.54) is 17.0 Å². The highest BCUT2D eigenvalue weighted by Crippen LogP contribution is 2.32. The lowest BCUT2D eigenvalue weighted by Crippen LogP contribution is -2.54.